The van der Waals surface area contributed by atoms with Gasteiger partial charge in [0, 0.05) is 16.5 Å². The molecule has 0 saturated heterocycles. The number of rotatable bonds is 7. The number of nitrogens with one attached hydrogen (secondary N) is 1. The third-order valence-electron chi connectivity index (χ3n) is 4.19. The van der Waals surface area contributed by atoms with Crippen LogP contribution < -0.4 is 14.2 Å². The minimum atomic E-state index is -4.85. The molecule has 0 spiro atoms. The predicted molar refractivity (Wildman–Crippen MR) is 99.5 cm³/mol. The molecule has 2 aromatic carbocycles. The van der Waals surface area contributed by atoms with Crippen LogP contribution >= 0.6 is 0 Å². The molecule has 0 aliphatic carbocycles. The first-order valence-electron chi connectivity index (χ1n) is 8.65. The van der Waals surface area contributed by atoms with Crippen molar-refractivity contribution in [3.05, 3.63) is 42.0 Å². The van der Waals surface area contributed by atoms with Gasteiger partial charge in [-0.05, 0) is 48.9 Å². The van der Waals surface area contributed by atoms with Gasteiger partial charge < -0.3 is 24.3 Å². The zero-order valence-corrected chi connectivity index (χ0v) is 15.6. The van der Waals surface area contributed by atoms with Crippen LogP contribution in [0.2, 0.25) is 0 Å². The Morgan fingerprint density at radius 1 is 1.14 bits per heavy atom. The first-order chi connectivity index (χ1) is 13.7. The molecule has 1 heterocycles. The molecule has 0 aliphatic rings. The second-order valence-electron chi connectivity index (χ2n) is 6.10. The fourth-order valence-electron chi connectivity index (χ4n) is 3.11. The van der Waals surface area contributed by atoms with Crippen molar-refractivity contribution in [3.63, 3.8) is 0 Å². The smallest absolute Gasteiger partial charge is 0.493 e. The molecule has 0 atom stereocenters. The van der Waals surface area contributed by atoms with E-state index in [2.05, 4.69) is 9.72 Å². The SMILES string of the molecule is CCOc1cc(-c2[nH]c3ccc(OC(F)(F)F)cc3c2CC(=O)O)ccc1OC. The average Bonchev–Trinajstić information content (AvgIpc) is 2.98. The summed E-state index contributed by atoms with van der Waals surface area (Å²) in [7, 11) is 1.50. The number of benzene rings is 2. The van der Waals surface area contributed by atoms with Crippen LogP contribution in [0.4, 0.5) is 13.2 Å². The zero-order valence-electron chi connectivity index (χ0n) is 15.6. The number of hydrogen-bond acceptors (Lipinski definition) is 4. The number of ether oxygens (including phenoxy) is 3. The topological polar surface area (TPSA) is 80.8 Å². The van der Waals surface area contributed by atoms with Crippen LogP contribution in [0.1, 0.15) is 12.5 Å². The van der Waals surface area contributed by atoms with E-state index in [1.807, 2.05) is 6.92 Å². The molecule has 1 aromatic heterocycles. The number of carbonyl (C=O) groups is 1. The Morgan fingerprint density at radius 2 is 1.90 bits per heavy atom. The van der Waals surface area contributed by atoms with E-state index >= 15 is 0 Å². The summed E-state index contributed by atoms with van der Waals surface area (Å²) in [4.78, 5) is 14.5. The van der Waals surface area contributed by atoms with Crippen LogP contribution in [0.3, 0.4) is 0 Å². The number of alkyl halides is 3. The molecule has 0 radical (unpaired) electrons. The molecular formula is C20H18F3NO5. The van der Waals surface area contributed by atoms with E-state index in [-0.39, 0.29) is 6.42 Å². The first kappa shape index (κ1) is 20.4. The van der Waals surface area contributed by atoms with E-state index in [1.54, 1.807) is 18.2 Å². The Bertz CT molecular complexity index is 1040. The summed E-state index contributed by atoms with van der Waals surface area (Å²) in [5.41, 5.74) is 1.91. The largest absolute Gasteiger partial charge is 0.573 e. The number of aromatic amines is 1. The van der Waals surface area contributed by atoms with E-state index in [0.717, 1.165) is 0 Å². The van der Waals surface area contributed by atoms with Gasteiger partial charge in [0.05, 0.1) is 25.8 Å². The van der Waals surface area contributed by atoms with Crippen molar-refractivity contribution in [2.24, 2.45) is 0 Å². The van der Waals surface area contributed by atoms with E-state index in [1.165, 1.54) is 25.3 Å². The number of hydrogen-bond donors (Lipinski definition) is 2. The summed E-state index contributed by atoms with van der Waals surface area (Å²) in [5, 5.41) is 9.65. The van der Waals surface area contributed by atoms with Gasteiger partial charge in [-0.3, -0.25) is 4.79 Å². The molecule has 9 heteroatoms. The van der Waals surface area contributed by atoms with Gasteiger partial charge in [-0.25, -0.2) is 0 Å². The minimum absolute atomic E-state index is 0.331. The minimum Gasteiger partial charge on any atom is -0.493 e. The summed E-state index contributed by atoms with van der Waals surface area (Å²) in [6.07, 6.45) is -5.23. The molecule has 0 fully saturated rings. The molecule has 2 N–H and O–H groups in total. The highest BCUT2D eigenvalue weighted by Crippen LogP contribution is 2.38. The number of carboxylic acid groups (broad SMARTS) is 1. The number of H-pyrrole nitrogens is 1. The number of aromatic nitrogens is 1. The fourth-order valence-corrected chi connectivity index (χ4v) is 3.11. The van der Waals surface area contributed by atoms with E-state index in [9.17, 15) is 23.1 Å². The van der Waals surface area contributed by atoms with Crippen molar-refractivity contribution >= 4 is 16.9 Å². The summed E-state index contributed by atoms with van der Waals surface area (Å²) < 4.78 is 52.5. The lowest BCUT2D eigenvalue weighted by molar-refractivity contribution is -0.274. The quantitative estimate of drug-likeness (QED) is 0.588. The lowest BCUT2D eigenvalue weighted by Crippen LogP contribution is -2.17. The molecule has 0 bridgehead atoms. The third kappa shape index (κ3) is 4.56. The molecule has 0 amide bonds. The Balaban J connectivity index is 2.16. The van der Waals surface area contributed by atoms with Gasteiger partial charge in [-0.15, -0.1) is 13.2 Å². The second-order valence-corrected chi connectivity index (χ2v) is 6.10. The number of methoxy groups -OCH3 is 1. The van der Waals surface area contributed by atoms with Gasteiger partial charge in [0.15, 0.2) is 11.5 Å². The van der Waals surface area contributed by atoms with Gasteiger partial charge in [0.25, 0.3) is 0 Å². The maximum Gasteiger partial charge on any atom is 0.573 e. The van der Waals surface area contributed by atoms with Crippen molar-refractivity contribution in [1.82, 2.24) is 4.98 Å². The van der Waals surface area contributed by atoms with E-state index in [0.29, 0.717) is 45.8 Å². The van der Waals surface area contributed by atoms with Crippen LogP contribution in [0.25, 0.3) is 22.2 Å². The summed E-state index contributed by atoms with van der Waals surface area (Å²) in [5.74, 6) is -0.569. The summed E-state index contributed by atoms with van der Waals surface area (Å²) >= 11 is 0. The monoisotopic (exact) mass is 409 g/mol. The number of aliphatic carboxylic acids is 1. The van der Waals surface area contributed by atoms with Crippen LogP contribution in [0.5, 0.6) is 17.2 Å². The second kappa shape index (κ2) is 7.94. The zero-order chi connectivity index (χ0) is 21.2. The van der Waals surface area contributed by atoms with Gasteiger partial charge in [-0.2, -0.15) is 0 Å². The highest BCUT2D eigenvalue weighted by atomic mass is 19.4. The van der Waals surface area contributed by atoms with Crippen molar-refractivity contribution in [2.45, 2.75) is 19.7 Å². The van der Waals surface area contributed by atoms with Crippen molar-refractivity contribution in [3.8, 4) is 28.5 Å². The molecule has 0 aliphatic heterocycles. The normalized spacial score (nSPS) is 11.5. The molecule has 6 nitrogen and oxygen atoms in total. The van der Waals surface area contributed by atoms with Gasteiger partial charge in [0.2, 0.25) is 0 Å². The summed E-state index contributed by atoms with van der Waals surface area (Å²) in [6.45, 7) is 2.21. The number of halogens is 3. The molecular weight excluding hydrogens is 391 g/mol. The lowest BCUT2D eigenvalue weighted by Gasteiger charge is -2.11. The predicted octanol–water partition coefficient (Wildman–Crippen LogP) is 4.77. The Labute approximate surface area is 163 Å². The van der Waals surface area contributed by atoms with Gasteiger partial charge in [0.1, 0.15) is 5.75 Å². The van der Waals surface area contributed by atoms with E-state index in [4.69, 9.17) is 9.47 Å². The fraction of sp³-hybridized carbons (Fsp3) is 0.250. The Hall–Kier alpha value is -3.36. The third-order valence-corrected chi connectivity index (χ3v) is 4.19. The maximum atomic E-state index is 12.6. The summed E-state index contributed by atoms with van der Waals surface area (Å²) in [6, 6.07) is 8.83. The van der Waals surface area contributed by atoms with Crippen LogP contribution in [-0.4, -0.2) is 36.1 Å². The van der Waals surface area contributed by atoms with Gasteiger partial charge in [-0.1, -0.05) is 0 Å². The molecule has 154 valence electrons. The molecule has 0 saturated carbocycles. The van der Waals surface area contributed by atoms with E-state index < -0.39 is 18.1 Å². The highest BCUT2D eigenvalue weighted by Gasteiger charge is 2.31. The molecule has 29 heavy (non-hydrogen) atoms. The van der Waals surface area contributed by atoms with Crippen molar-refractivity contribution < 1.29 is 37.3 Å². The van der Waals surface area contributed by atoms with Gasteiger partial charge >= 0.3 is 12.3 Å². The number of fused-ring (bicyclic) bond motifs is 1. The highest BCUT2D eigenvalue weighted by molar-refractivity contribution is 5.95. The maximum absolute atomic E-state index is 12.6. The van der Waals surface area contributed by atoms with Crippen molar-refractivity contribution in [1.29, 1.82) is 0 Å². The molecule has 0 unspecified atom stereocenters. The lowest BCUT2D eigenvalue weighted by atomic mass is 10.0. The Morgan fingerprint density at radius 3 is 2.52 bits per heavy atom. The van der Waals surface area contributed by atoms with Crippen LogP contribution in [-0.2, 0) is 11.2 Å². The van der Waals surface area contributed by atoms with Crippen molar-refractivity contribution in [2.75, 3.05) is 13.7 Å². The van der Waals surface area contributed by atoms with Crippen LogP contribution in [0, 0.1) is 0 Å². The van der Waals surface area contributed by atoms with Crippen LogP contribution in [0.15, 0.2) is 36.4 Å². The number of carboxylic acids is 1. The average molecular weight is 409 g/mol. The Kier molecular flexibility index (Phi) is 5.58. The molecule has 3 rings (SSSR count). The molecule has 3 aromatic rings. The first-order valence-corrected chi connectivity index (χ1v) is 8.65. The standard InChI is InChI=1S/C20H18F3NO5/c1-3-28-17-8-11(4-7-16(17)27-2)19-14(10-18(25)26)13-9-12(29-20(21,22)23)5-6-15(13)24-19/h4-9,24H,3,10H2,1-2H3,(H,25,26).